The molecule has 0 saturated carbocycles. The van der Waals surface area contributed by atoms with Gasteiger partial charge in [-0.2, -0.15) is 0 Å². The molecule has 0 atom stereocenters. The van der Waals surface area contributed by atoms with Gasteiger partial charge in [0.15, 0.2) is 0 Å². The third-order valence-corrected chi connectivity index (χ3v) is 4.00. The number of thiophene rings is 1. The summed E-state index contributed by atoms with van der Waals surface area (Å²) < 4.78 is 0.983. The Morgan fingerprint density at radius 1 is 1.31 bits per heavy atom. The molecule has 82 valence electrons. The smallest absolute Gasteiger partial charge is 0.345 e. The van der Waals surface area contributed by atoms with E-state index < -0.39 is 5.97 Å². The number of carboxylic acid groups (broad SMARTS) is 1. The summed E-state index contributed by atoms with van der Waals surface area (Å²) in [6.45, 7) is 2.02. The molecule has 2 aromatic rings. The van der Waals surface area contributed by atoms with Gasteiger partial charge in [-0.05, 0) is 31.2 Å². The monoisotopic (exact) mass is 296 g/mol. The summed E-state index contributed by atoms with van der Waals surface area (Å²) in [6.07, 6.45) is 0. The van der Waals surface area contributed by atoms with Crippen molar-refractivity contribution in [3.05, 3.63) is 45.2 Å². The Labute approximate surface area is 106 Å². The van der Waals surface area contributed by atoms with Crippen LogP contribution in [0.2, 0.25) is 0 Å². The van der Waals surface area contributed by atoms with Gasteiger partial charge in [0.05, 0.1) is 0 Å². The first kappa shape index (κ1) is 11.4. The molecule has 0 amide bonds. The molecular formula is C12H9BrO2S. The molecule has 0 unspecified atom stereocenters. The Morgan fingerprint density at radius 2 is 2.06 bits per heavy atom. The van der Waals surface area contributed by atoms with Gasteiger partial charge in [-0.3, -0.25) is 0 Å². The van der Waals surface area contributed by atoms with Crippen LogP contribution in [0.15, 0.2) is 34.8 Å². The van der Waals surface area contributed by atoms with Crippen LogP contribution in [0, 0.1) is 6.92 Å². The van der Waals surface area contributed by atoms with Crippen molar-refractivity contribution in [1.82, 2.24) is 0 Å². The normalized spacial score (nSPS) is 10.4. The Hall–Kier alpha value is -1.13. The molecule has 1 N–H and O–H groups in total. The van der Waals surface area contributed by atoms with Crippen LogP contribution in [0.25, 0.3) is 10.4 Å². The Morgan fingerprint density at radius 3 is 2.69 bits per heavy atom. The van der Waals surface area contributed by atoms with Crippen LogP contribution in [-0.4, -0.2) is 11.1 Å². The Balaban J connectivity index is 2.50. The van der Waals surface area contributed by atoms with Crippen LogP contribution in [-0.2, 0) is 0 Å². The van der Waals surface area contributed by atoms with Crippen molar-refractivity contribution in [1.29, 1.82) is 0 Å². The second-order valence-electron chi connectivity index (χ2n) is 3.45. The summed E-state index contributed by atoms with van der Waals surface area (Å²) in [4.78, 5) is 12.1. The quantitative estimate of drug-likeness (QED) is 0.902. The van der Waals surface area contributed by atoms with Gasteiger partial charge in [0.2, 0.25) is 0 Å². The molecule has 0 spiro atoms. The molecule has 2 rings (SSSR count). The lowest BCUT2D eigenvalue weighted by atomic mass is 10.1. The number of carbonyl (C=O) groups is 1. The predicted molar refractivity (Wildman–Crippen MR) is 69.2 cm³/mol. The average molecular weight is 297 g/mol. The fourth-order valence-corrected chi connectivity index (χ4v) is 2.89. The van der Waals surface area contributed by atoms with Crippen molar-refractivity contribution >= 4 is 33.2 Å². The van der Waals surface area contributed by atoms with E-state index in [0.717, 1.165) is 20.5 Å². The maximum Gasteiger partial charge on any atom is 0.345 e. The number of aromatic carboxylic acids is 1. The number of hydrogen-bond acceptors (Lipinski definition) is 2. The maximum atomic E-state index is 10.8. The first-order valence-electron chi connectivity index (χ1n) is 4.67. The second-order valence-corrected chi connectivity index (χ2v) is 5.39. The van der Waals surface area contributed by atoms with E-state index in [-0.39, 0.29) is 0 Å². The van der Waals surface area contributed by atoms with E-state index in [0.29, 0.717) is 4.88 Å². The van der Waals surface area contributed by atoms with Gasteiger partial charge in [0, 0.05) is 14.9 Å². The first-order chi connectivity index (χ1) is 7.58. The van der Waals surface area contributed by atoms with Crippen LogP contribution < -0.4 is 0 Å². The highest BCUT2D eigenvalue weighted by Gasteiger charge is 2.10. The number of hydrogen-bond donors (Lipinski definition) is 1. The molecule has 0 bridgehead atoms. The zero-order chi connectivity index (χ0) is 11.7. The van der Waals surface area contributed by atoms with E-state index in [4.69, 9.17) is 5.11 Å². The topological polar surface area (TPSA) is 37.3 Å². The molecule has 16 heavy (non-hydrogen) atoms. The average Bonchev–Trinajstić information content (AvgIpc) is 2.70. The van der Waals surface area contributed by atoms with Crippen molar-refractivity contribution in [2.24, 2.45) is 0 Å². The lowest BCUT2D eigenvalue weighted by molar-refractivity contribution is 0.0702. The van der Waals surface area contributed by atoms with Gasteiger partial charge < -0.3 is 5.11 Å². The van der Waals surface area contributed by atoms with Crippen LogP contribution in [0.3, 0.4) is 0 Å². The van der Waals surface area contributed by atoms with Crippen molar-refractivity contribution in [3.8, 4) is 10.4 Å². The first-order valence-corrected chi connectivity index (χ1v) is 6.28. The van der Waals surface area contributed by atoms with E-state index >= 15 is 0 Å². The molecule has 0 radical (unpaired) electrons. The number of halogens is 1. The van der Waals surface area contributed by atoms with E-state index in [9.17, 15) is 4.79 Å². The summed E-state index contributed by atoms with van der Waals surface area (Å²) in [5, 5.41) is 8.87. The lowest BCUT2D eigenvalue weighted by Crippen LogP contribution is -1.89. The van der Waals surface area contributed by atoms with E-state index in [1.807, 2.05) is 31.2 Å². The van der Waals surface area contributed by atoms with Crippen LogP contribution >= 0.6 is 27.3 Å². The van der Waals surface area contributed by atoms with Gasteiger partial charge in [0.25, 0.3) is 0 Å². The summed E-state index contributed by atoms with van der Waals surface area (Å²) in [6, 6.07) is 9.51. The maximum absolute atomic E-state index is 10.8. The third kappa shape index (κ3) is 2.18. The van der Waals surface area contributed by atoms with Crippen LogP contribution in [0.4, 0.5) is 0 Å². The van der Waals surface area contributed by atoms with Crippen LogP contribution in [0.5, 0.6) is 0 Å². The third-order valence-electron chi connectivity index (χ3n) is 2.20. The van der Waals surface area contributed by atoms with Crippen LogP contribution in [0.1, 0.15) is 15.2 Å². The van der Waals surface area contributed by atoms with Crippen molar-refractivity contribution in [3.63, 3.8) is 0 Å². The predicted octanol–water partition coefficient (Wildman–Crippen LogP) is 4.18. The number of rotatable bonds is 2. The number of aryl methyl sites for hydroxylation is 1. The fraction of sp³-hybridized carbons (Fsp3) is 0.0833. The second kappa shape index (κ2) is 4.39. The highest BCUT2D eigenvalue weighted by molar-refractivity contribution is 9.10. The van der Waals surface area contributed by atoms with Gasteiger partial charge >= 0.3 is 5.97 Å². The molecule has 0 saturated heterocycles. The SMILES string of the molecule is Cc1ccc(Br)c(-c2ccc(C(=O)O)s2)c1. The highest BCUT2D eigenvalue weighted by atomic mass is 79.9. The van der Waals surface area contributed by atoms with Crippen molar-refractivity contribution in [2.45, 2.75) is 6.92 Å². The van der Waals surface area contributed by atoms with E-state index in [1.165, 1.54) is 11.3 Å². The van der Waals surface area contributed by atoms with Crippen molar-refractivity contribution in [2.75, 3.05) is 0 Å². The summed E-state index contributed by atoms with van der Waals surface area (Å²) in [7, 11) is 0. The zero-order valence-electron chi connectivity index (χ0n) is 8.53. The lowest BCUT2D eigenvalue weighted by Gasteiger charge is -2.02. The molecule has 1 heterocycles. The molecule has 0 aliphatic heterocycles. The Bertz CT molecular complexity index is 546. The molecule has 0 aliphatic carbocycles. The van der Waals surface area contributed by atoms with Gasteiger partial charge in [0.1, 0.15) is 4.88 Å². The summed E-state index contributed by atoms with van der Waals surface area (Å²) >= 11 is 4.76. The van der Waals surface area contributed by atoms with Crippen molar-refractivity contribution < 1.29 is 9.90 Å². The highest BCUT2D eigenvalue weighted by Crippen LogP contribution is 2.34. The molecule has 0 aliphatic rings. The molecule has 2 nitrogen and oxygen atoms in total. The van der Waals surface area contributed by atoms with Gasteiger partial charge in [-0.1, -0.05) is 27.6 Å². The molecule has 1 aromatic carbocycles. The fourth-order valence-electron chi connectivity index (χ4n) is 1.43. The minimum Gasteiger partial charge on any atom is -0.477 e. The summed E-state index contributed by atoms with van der Waals surface area (Å²) in [5.74, 6) is -0.875. The van der Waals surface area contributed by atoms with E-state index in [2.05, 4.69) is 15.9 Å². The van der Waals surface area contributed by atoms with Gasteiger partial charge in [-0.25, -0.2) is 4.79 Å². The molecular weight excluding hydrogens is 288 g/mol. The minimum atomic E-state index is -0.875. The number of benzene rings is 1. The zero-order valence-corrected chi connectivity index (χ0v) is 10.9. The molecule has 4 heteroatoms. The molecule has 0 fully saturated rings. The number of carboxylic acids is 1. The summed E-state index contributed by atoms with van der Waals surface area (Å²) in [5.41, 5.74) is 2.20. The van der Waals surface area contributed by atoms with E-state index in [1.54, 1.807) is 6.07 Å². The van der Waals surface area contributed by atoms with Gasteiger partial charge in [-0.15, -0.1) is 11.3 Å². The largest absolute Gasteiger partial charge is 0.477 e. The molecule has 1 aromatic heterocycles. The Kier molecular flexibility index (Phi) is 3.12. The minimum absolute atomic E-state index is 0.364. The standard InChI is InChI=1S/C12H9BrO2S/c1-7-2-3-9(13)8(6-7)10-4-5-11(16-10)12(14)15/h2-6H,1H3,(H,14,15).